The summed E-state index contributed by atoms with van der Waals surface area (Å²) in [6.45, 7) is 1.97. The van der Waals surface area contributed by atoms with Gasteiger partial charge >= 0.3 is 0 Å². The number of ether oxygens (including phenoxy) is 1. The van der Waals surface area contributed by atoms with Gasteiger partial charge in [-0.25, -0.2) is 8.42 Å². The normalized spacial score (nSPS) is 12.6. The fraction of sp³-hybridized carbons (Fsp3) is 0.143. The third-order valence-corrected chi connectivity index (χ3v) is 6.26. The Hall–Kier alpha value is -2.15. The fourth-order valence-electron chi connectivity index (χ4n) is 2.95. The first kappa shape index (κ1) is 19.6. The molecule has 1 N–H and O–H groups in total. The van der Waals surface area contributed by atoms with Crippen LogP contribution < -0.4 is 9.46 Å². The summed E-state index contributed by atoms with van der Waals surface area (Å²) in [4.78, 5) is 0.0916. The maximum Gasteiger partial charge on any atom is 0.245 e. The van der Waals surface area contributed by atoms with Gasteiger partial charge in [0.15, 0.2) is 0 Å². The first-order valence-electron chi connectivity index (χ1n) is 8.39. The lowest BCUT2D eigenvalue weighted by Gasteiger charge is -2.22. The summed E-state index contributed by atoms with van der Waals surface area (Å²) in [5.41, 5.74) is 2.78. The molecule has 27 heavy (non-hydrogen) atoms. The first-order chi connectivity index (χ1) is 12.9. The Morgan fingerprint density at radius 3 is 2.30 bits per heavy atom. The van der Waals surface area contributed by atoms with E-state index in [-0.39, 0.29) is 4.90 Å². The van der Waals surface area contributed by atoms with Gasteiger partial charge < -0.3 is 4.74 Å². The van der Waals surface area contributed by atoms with E-state index in [9.17, 15) is 8.42 Å². The van der Waals surface area contributed by atoms with Gasteiger partial charge in [0.1, 0.15) is 10.6 Å². The zero-order valence-electron chi connectivity index (χ0n) is 15.0. The van der Waals surface area contributed by atoms with Gasteiger partial charge in [-0.05, 0) is 41.8 Å². The largest absolute Gasteiger partial charge is 0.495 e. The van der Waals surface area contributed by atoms with Gasteiger partial charge in [-0.1, -0.05) is 70.5 Å². The fourth-order valence-corrected chi connectivity index (χ4v) is 4.86. The molecule has 0 aliphatic heterocycles. The van der Waals surface area contributed by atoms with E-state index in [1.54, 1.807) is 18.2 Å². The third kappa shape index (κ3) is 4.40. The van der Waals surface area contributed by atoms with Crippen LogP contribution in [0.4, 0.5) is 0 Å². The summed E-state index contributed by atoms with van der Waals surface area (Å²) < 4.78 is 35.2. The van der Waals surface area contributed by atoms with Crippen LogP contribution >= 0.6 is 15.9 Å². The number of methoxy groups -OCH3 is 1. The summed E-state index contributed by atoms with van der Waals surface area (Å²) in [6.07, 6.45) is 0. The van der Waals surface area contributed by atoms with Crippen molar-refractivity contribution in [3.05, 3.63) is 94.0 Å². The predicted molar refractivity (Wildman–Crippen MR) is 110 cm³/mol. The average Bonchev–Trinajstić information content (AvgIpc) is 2.67. The maximum atomic E-state index is 13.2. The average molecular weight is 446 g/mol. The Kier molecular flexibility index (Phi) is 5.99. The SMILES string of the molecule is COc1ccc(Br)cc1S(=O)(=O)N[C@H](c1ccccc1)c1ccccc1C. The van der Waals surface area contributed by atoms with Gasteiger partial charge in [0.25, 0.3) is 0 Å². The van der Waals surface area contributed by atoms with Gasteiger partial charge in [-0.2, -0.15) is 4.72 Å². The Labute approximate surface area is 168 Å². The van der Waals surface area contributed by atoms with Crippen molar-refractivity contribution in [2.24, 2.45) is 0 Å². The number of rotatable bonds is 6. The number of nitrogens with one attached hydrogen (secondary N) is 1. The Morgan fingerprint density at radius 1 is 0.963 bits per heavy atom. The molecule has 6 heteroatoms. The molecule has 0 radical (unpaired) electrons. The standard InChI is InChI=1S/C21H20BrNO3S/c1-15-8-6-7-11-18(15)21(16-9-4-3-5-10-16)23-27(24,25)20-14-17(22)12-13-19(20)26-2/h3-14,21,23H,1-2H3/t21-/m1/s1. The lowest BCUT2D eigenvalue weighted by atomic mass is 9.96. The van der Waals surface area contributed by atoms with Crippen molar-refractivity contribution in [2.75, 3.05) is 7.11 Å². The highest BCUT2D eigenvalue weighted by Crippen LogP contribution is 2.31. The molecule has 0 amide bonds. The van der Waals surface area contributed by atoms with Crippen LogP contribution in [0, 0.1) is 6.92 Å². The summed E-state index contributed by atoms with van der Waals surface area (Å²) in [5, 5.41) is 0. The Bertz CT molecular complexity index is 1040. The highest BCUT2D eigenvalue weighted by molar-refractivity contribution is 9.10. The second kappa shape index (κ2) is 8.25. The van der Waals surface area contributed by atoms with Crippen LogP contribution in [0.25, 0.3) is 0 Å². The Balaban J connectivity index is 2.10. The predicted octanol–water partition coefficient (Wildman–Crippen LogP) is 4.83. The third-order valence-electron chi connectivity index (χ3n) is 4.32. The van der Waals surface area contributed by atoms with Gasteiger partial charge in [0, 0.05) is 4.47 Å². The molecule has 0 unspecified atom stereocenters. The van der Waals surface area contributed by atoms with E-state index in [1.807, 2.05) is 61.5 Å². The smallest absolute Gasteiger partial charge is 0.245 e. The monoisotopic (exact) mass is 445 g/mol. The summed E-state index contributed by atoms with van der Waals surface area (Å²) in [5.74, 6) is 0.294. The molecule has 1 atom stereocenters. The second-order valence-corrected chi connectivity index (χ2v) is 8.71. The molecule has 3 aromatic rings. The summed E-state index contributed by atoms with van der Waals surface area (Å²) >= 11 is 3.34. The van der Waals surface area contributed by atoms with Crippen molar-refractivity contribution in [1.82, 2.24) is 4.72 Å². The van der Waals surface area contributed by atoms with E-state index in [0.29, 0.717) is 10.2 Å². The molecule has 0 spiro atoms. The quantitative estimate of drug-likeness (QED) is 0.590. The van der Waals surface area contributed by atoms with Crippen LogP contribution in [0.3, 0.4) is 0 Å². The van der Waals surface area contributed by atoms with Crippen molar-refractivity contribution < 1.29 is 13.2 Å². The number of sulfonamides is 1. The molecular formula is C21H20BrNO3S. The van der Waals surface area contributed by atoms with E-state index in [4.69, 9.17) is 4.74 Å². The molecule has 0 heterocycles. The van der Waals surface area contributed by atoms with E-state index < -0.39 is 16.1 Å². The maximum absolute atomic E-state index is 13.2. The van der Waals surface area contributed by atoms with Crippen molar-refractivity contribution in [3.63, 3.8) is 0 Å². The van der Waals surface area contributed by atoms with Crippen LogP contribution in [-0.2, 0) is 10.0 Å². The molecule has 0 saturated carbocycles. The lowest BCUT2D eigenvalue weighted by Crippen LogP contribution is -2.30. The molecule has 0 aromatic heterocycles. The van der Waals surface area contributed by atoms with Crippen molar-refractivity contribution in [1.29, 1.82) is 0 Å². The molecule has 140 valence electrons. The molecule has 3 aromatic carbocycles. The zero-order valence-corrected chi connectivity index (χ0v) is 17.4. The van der Waals surface area contributed by atoms with E-state index in [1.165, 1.54) is 7.11 Å². The van der Waals surface area contributed by atoms with Crippen LogP contribution in [0.15, 0.2) is 82.2 Å². The zero-order chi connectivity index (χ0) is 19.4. The highest BCUT2D eigenvalue weighted by atomic mass is 79.9. The summed E-state index contributed by atoms with van der Waals surface area (Å²) in [7, 11) is -2.39. The first-order valence-corrected chi connectivity index (χ1v) is 10.7. The van der Waals surface area contributed by atoms with E-state index >= 15 is 0 Å². The van der Waals surface area contributed by atoms with Crippen molar-refractivity contribution in [3.8, 4) is 5.75 Å². The van der Waals surface area contributed by atoms with Gasteiger partial charge in [-0.3, -0.25) is 0 Å². The van der Waals surface area contributed by atoms with Gasteiger partial charge in [0.2, 0.25) is 10.0 Å². The van der Waals surface area contributed by atoms with Crippen LogP contribution in [0.2, 0.25) is 0 Å². The molecule has 4 nitrogen and oxygen atoms in total. The minimum absolute atomic E-state index is 0.0916. The van der Waals surface area contributed by atoms with Gasteiger partial charge in [0.05, 0.1) is 13.2 Å². The van der Waals surface area contributed by atoms with E-state index in [0.717, 1.165) is 16.7 Å². The second-order valence-electron chi connectivity index (χ2n) is 6.12. The minimum atomic E-state index is -3.84. The molecular weight excluding hydrogens is 426 g/mol. The van der Waals surface area contributed by atoms with Crippen LogP contribution in [0.5, 0.6) is 5.75 Å². The molecule has 0 aliphatic carbocycles. The summed E-state index contributed by atoms with van der Waals surface area (Å²) in [6, 6.07) is 21.7. The number of hydrogen-bond acceptors (Lipinski definition) is 3. The van der Waals surface area contributed by atoms with E-state index in [2.05, 4.69) is 20.7 Å². The molecule has 0 bridgehead atoms. The highest BCUT2D eigenvalue weighted by Gasteiger charge is 2.26. The number of halogens is 1. The number of hydrogen-bond donors (Lipinski definition) is 1. The molecule has 0 fully saturated rings. The molecule has 0 aliphatic rings. The minimum Gasteiger partial charge on any atom is -0.495 e. The number of benzene rings is 3. The van der Waals surface area contributed by atoms with Crippen LogP contribution in [0.1, 0.15) is 22.7 Å². The topological polar surface area (TPSA) is 55.4 Å². The lowest BCUT2D eigenvalue weighted by molar-refractivity contribution is 0.402. The van der Waals surface area contributed by atoms with Gasteiger partial charge in [-0.15, -0.1) is 0 Å². The van der Waals surface area contributed by atoms with Crippen LogP contribution in [-0.4, -0.2) is 15.5 Å². The van der Waals surface area contributed by atoms with Crippen molar-refractivity contribution in [2.45, 2.75) is 17.9 Å². The van der Waals surface area contributed by atoms with Crippen molar-refractivity contribution >= 4 is 26.0 Å². The molecule has 3 rings (SSSR count). The number of aryl methyl sites for hydroxylation is 1. The molecule has 0 saturated heterocycles. The Morgan fingerprint density at radius 2 is 1.63 bits per heavy atom.